The number of nitro benzene ring substituents is 1. The molecule has 0 bridgehead atoms. The van der Waals surface area contributed by atoms with Crippen LogP contribution in [0.25, 0.3) is 0 Å². The van der Waals surface area contributed by atoms with Crippen LogP contribution in [0.15, 0.2) is 39.3 Å². The lowest BCUT2D eigenvalue weighted by Gasteiger charge is -2.16. The Balaban J connectivity index is 2.44. The van der Waals surface area contributed by atoms with Gasteiger partial charge in [-0.25, -0.2) is 0 Å². The third-order valence-corrected chi connectivity index (χ3v) is 3.75. The molecule has 2 aromatic rings. The number of nitrogens with zero attached hydrogens (tertiary/aromatic N) is 5. The fourth-order valence-corrected chi connectivity index (χ4v) is 2.30. The van der Waals surface area contributed by atoms with E-state index in [0.29, 0.717) is 16.4 Å². The summed E-state index contributed by atoms with van der Waals surface area (Å²) in [5.74, 6) is 0. The van der Waals surface area contributed by atoms with Crippen LogP contribution in [0.1, 0.15) is 32.0 Å². The first-order chi connectivity index (χ1) is 11.2. The van der Waals surface area contributed by atoms with Crippen LogP contribution in [0, 0.1) is 10.1 Å². The lowest BCUT2D eigenvalue weighted by Crippen LogP contribution is -2.32. The van der Waals surface area contributed by atoms with Crippen molar-refractivity contribution < 1.29 is 4.92 Å². The number of nitro groups is 1. The Hall–Kier alpha value is -2.55. The summed E-state index contributed by atoms with van der Waals surface area (Å²) >= 11 is 1.26. The van der Waals surface area contributed by atoms with E-state index in [0.717, 1.165) is 0 Å². The molecule has 0 amide bonds. The minimum Gasteiger partial charge on any atom is -0.265 e. The molecule has 0 radical (unpaired) electrons. The summed E-state index contributed by atoms with van der Waals surface area (Å²) in [4.78, 5) is 22.8. The maximum atomic E-state index is 12.6. The highest BCUT2D eigenvalue weighted by Crippen LogP contribution is 2.17. The molecule has 0 saturated carbocycles. The Morgan fingerprint density at radius 1 is 1.25 bits per heavy atom. The summed E-state index contributed by atoms with van der Waals surface area (Å²) in [5.41, 5.74) is 0.163. The van der Waals surface area contributed by atoms with E-state index in [-0.39, 0.29) is 11.2 Å². The van der Waals surface area contributed by atoms with Crippen LogP contribution in [0.2, 0.25) is 0 Å². The number of thioether (sulfide) groups is 1. The number of non-ortho nitro benzene ring substituents is 1. The average Bonchev–Trinajstić information content (AvgIpc) is 2.52. The highest BCUT2D eigenvalue weighted by Gasteiger charge is 2.23. The van der Waals surface area contributed by atoms with Gasteiger partial charge >= 0.3 is 0 Å². The van der Waals surface area contributed by atoms with Crippen molar-refractivity contribution in [2.24, 2.45) is 5.10 Å². The predicted octanol–water partition coefficient (Wildman–Crippen LogP) is 2.45. The van der Waals surface area contributed by atoms with Gasteiger partial charge in [0, 0.05) is 17.5 Å². The zero-order chi connectivity index (χ0) is 17.9. The Labute approximate surface area is 142 Å². The number of hydrogen-bond donors (Lipinski definition) is 0. The molecule has 1 heterocycles. The maximum absolute atomic E-state index is 12.6. The minimum absolute atomic E-state index is 0.00489. The van der Waals surface area contributed by atoms with E-state index in [1.807, 2.05) is 20.8 Å². The molecule has 0 fully saturated rings. The number of hydrogen-bond acceptors (Lipinski definition) is 7. The van der Waals surface area contributed by atoms with Crippen LogP contribution in [-0.2, 0) is 5.41 Å². The standard InChI is InChI=1S/C15H17N5O3S/c1-15(2,3)12-13(21)19(14(24-4)18-17-12)16-9-10-5-7-11(8-6-10)20(22)23/h5-9H,1-4H3/b16-9+. The topological polar surface area (TPSA) is 103 Å². The molecule has 24 heavy (non-hydrogen) atoms. The van der Waals surface area contributed by atoms with Crippen molar-refractivity contribution >= 4 is 23.7 Å². The Kier molecular flexibility index (Phi) is 5.13. The van der Waals surface area contributed by atoms with Crippen molar-refractivity contribution in [2.75, 3.05) is 6.26 Å². The monoisotopic (exact) mass is 347 g/mol. The van der Waals surface area contributed by atoms with Gasteiger partial charge in [-0.15, -0.1) is 10.2 Å². The van der Waals surface area contributed by atoms with Gasteiger partial charge in [-0.2, -0.15) is 9.78 Å². The van der Waals surface area contributed by atoms with Crippen molar-refractivity contribution in [1.82, 2.24) is 14.9 Å². The van der Waals surface area contributed by atoms with E-state index in [4.69, 9.17) is 0 Å². The molecule has 1 aromatic carbocycles. The first-order valence-corrected chi connectivity index (χ1v) is 8.29. The summed E-state index contributed by atoms with van der Waals surface area (Å²) in [6.45, 7) is 5.63. The molecule has 0 unspecified atom stereocenters. The highest BCUT2D eigenvalue weighted by atomic mass is 32.2. The first-order valence-electron chi connectivity index (χ1n) is 7.07. The molecule has 0 saturated heterocycles. The molecule has 0 aliphatic rings. The lowest BCUT2D eigenvalue weighted by molar-refractivity contribution is -0.384. The highest BCUT2D eigenvalue weighted by molar-refractivity contribution is 7.98. The summed E-state index contributed by atoms with van der Waals surface area (Å²) in [5, 5.41) is 23.3. The molecule has 126 valence electrons. The van der Waals surface area contributed by atoms with Crippen molar-refractivity contribution in [3.63, 3.8) is 0 Å². The zero-order valence-corrected chi connectivity index (χ0v) is 14.6. The van der Waals surface area contributed by atoms with Gasteiger partial charge < -0.3 is 0 Å². The molecule has 0 aliphatic heterocycles. The Morgan fingerprint density at radius 2 is 1.88 bits per heavy atom. The van der Waals surface area contributed by atoms with Gasteiger partial charge in [0.2, 0.25) is 5.16 Å². The van der Waals surface area contributed by atoms with Crippen LogP contribution >= 0.6 is 11.8 Å². The first kappa shape index (κ1) is 17.8. The summed E-state index contributed by atoms with van der Waals surface area (Å²) < 4.78 is 1.19. The van der Waals surface area contributed by atoms with Crippen LogP contribution in [-0.4, -0.2) is 32.3 Å². The number of rotatable bonds is 4. The second-order valence-electron chi connectivity index (χ2n) is 6.00. The SMILES string of the molecule is CSc1nnc(C(C)(C)C)c(=O)n1/N=C/c1ccc([N+](=O)[O-])cc1. The fourth-order valence-electron chi connectivity index (χ4n) is 1.87. The van der Waals surface area contributed by atoms with Crippen molar-refractivity contribution in [1.29, 1.82) is 0 Å². The molecule has 2 rings (SSSR count). The Bertz CT molecular complexity index is 838. The van der Waals surface area contributed by atoms with Gasteiger partial charge in [0.25, 0.3) is 11.2 Å². The summed E-state index contributed by atoms with van der Waals surface area (Å²) in [6.07, 6.45) is 3.23. The van der Waals surface area contributed by atoms with Crippen LogP contribution in [0.3, 0.4) is 0 Å². The quantitative estimate of drug-likeness (QED) is 0.364. The fraction of sp³-hybridized carbons (Fsp3) is 0.333. The van der Waals surface area contributed by atoms with Gasteiger partial charge in [-0.1, -0.05) is 32.5 Å². The van der Waals surface area contributed by atoms with Crippen LogP contribution in [0.5, 0.6) is 0 Å². The molecule has 0 N–H and O–H groups in total. The molecule has 0 aliphatic carbocycles. The van der Waals surface area contributed by atoms with E-state index in [1.54, 1.807) is 18.4 Å². The van der Waals surface area contributed by atoms with Gasteiger partial charge in [0.15, 0.2) is 0 Å². The molecule has 1 aromatic heterocycles. The van der Waals surface area contributed by atoms with E-state index < -0.39 is 10.3 Å². The second-order valence-corrected chi connectivity index (χ2v) is 6.77. The number of aromatic nitrogens is 3. The largest absolute Gasteiger partial charge is 0.297 e. The van der Waals surface area contributed by atoms with Crippen molar-refractivity contribution in [3.05, 3.63) is 56.0 Å². The van der Waals surface area contributed by atoms with Crippen molar-refractivity contribution in [2.45, 2.75) is 31.3 Å². The summed E-state index contributed by atoms with van der Waals surface area (Å²) in [6, 6.07) is 5.88. The summed E-state index contributed by atoms with van der Waals surface area (Å²) in [7, 11) is 0. The number of benzene rings is 1. The third-order valence-electron chi connectivity index (χ3n) is 3.13. The van der Waals surface area contributed by atoms with E-state index in [1.165, 1.54) is 34.8 Å². The van der Waals surface area contributed by atoms with Crippen LogP contribution in [0.4, 0.5) is 5.69 Å². The average molecular weight is 347 g/mol. The lowest BCUT2D eigenvalue weighted by atomic mass is 9.93. The molecule has 0 atom stereocenters. The van der Waals surface area contributed by atoms with Gasteiger partial charge in [-0.05, 0) is 24.0 Å². The zero-order valence-electron chi connectivity index (χ0n) is 13.8. The molecule has 0 spiro atoms. The molecule has 9 heteroatoms. The molecular weight excluding hydrogens is 330 g/mol. The molecular formula is C15H17N5O3S. The van der Waals surface area contributed by atoms with E-state index in [2.05, 4.69) is 15.3 Å². The third kappa shape index (κ3) is 3.85. The van der Waals surface area contributed by atoms with Crippen molar-refractivity contribution in [3.8, 4) is 0 Å². The van der Waals surface area contributed by atoms with Crippen LogP contribution < -0.4 is 5.56 Å². The maximum Gasteiger partial charge on any atom is 0.297 e. The van der Waals surface area contributed by atoms with Gasteiger partial charge in [0.1, 0.15) is 5.69 Å². The smallest absolute Gasteiger partial charge is 0.265 e. The molecule has 8 nitrogen and oxygen atoms in total. The van der Waals surface area contributed by atoms with E-state index in [9.17, 15) is 14.9 Å². The minimum atomic E-state index is -0.473. The normalized spacial score (nSPS) is 11.8. The van der Waals surface area contributed by atoms with Gasteiger partial charge in [-0.3, -0.25) is 14.9 Å². The van der Waals surface area contributed by atoms with E-state index >= 15 is 0 Å². The predicted molar refractivity (Wildman–Crippen MR) is 92.9 cm³/mol. The van der Waals surface area contributed by atoms with Gasteiger partial charge in [0.05, 0.1) is 11.1 Å². The Morgan fingerprint density at radius 3 is 2.38 bits per heavy atom. The second kappa shape index (κ2) is 6.91.